The average molecular weight is 1350 g/mol. The number of rotatable bonds is 10. The largest absolute Gasteiger partial charge is 0.490 e. The minimum atomic E-state index is -1.46. The van der Waals surface area contributed by atoms with Gasteiger partial charge in [-0.15, -0.1) is 0 Å². The normalized spacial score (nSPS) is 10.8. The summed E-state index contributed by atoms with van der Waals surface area (Å²) in [7, 11) is -1.46. The molecule has 5 aromatic heterocycles. The summed E-state index contributed by atoms with van der Waals surface area (Å²) in [4.78, 5) is 24.1. The summed E-state index contributed by atoms with van der Waals surface area (Å²) < 4.78 is 4.18. The lowest BCUT2D eigenvalue weighted by molar-refractivity contribution is 0.425. The zero-order chi connectivity index (χ0) is 58.9. The van der Waals surface area contributed by atoms with Gasteiger partial charge in [-0.25, -0.2) is 0 Å². The van der Waals surface area contributed by atoms with E-state index in [2.05, 4.69) is 254 Å². The Morgan fingerprint density at radius 3 is 0.631 bits per heavy atom. The first-order chi connectivity index (χ1) is 40.6. The monoisotopic (exact) mass is 1350 g/mol. The number of benzene rings is 7. The Labute approximate surface area is 525 Å². The Hall–Kier alpha value is -7.81. The van der Waals surface area contributed by atoms with Gasteiger partial charge in [0.25, 0.3) is 0 Å². The van der Waals surface area contributed by atoms with Crippen molar-refractivity contribution in [3.63, 3.8) is 0 Å². The Bertz CT molecular complexity index is 3720. The van der Waals surface area contributed by atoms with E-state index in [-0.39, 0.29) is 0 Å². The highest BCUT2D eigenvalue weighted by molar-refractivity contribution is 9.14. The Balaban J connectivity index is 0.000000247. The molecule has 0 radical (unpaired) electrons. The van der Waals surface area contributed by atoms with Crippen molar-refractivity contribution in [1.29, 1.82) is 0 Å². The van der Waals surface area contributed by atoms with Crippen molar-refractivity contribution in [3.8, 4) is 101 Å². The van der Waals surface area contributed by atoms with Gasteiger partial charge in [-0.05, 0) is 175 Å². The third-order valence-electron chi connectivity index (χ3n) is 14.2. The van der Waals surface area contributed by atoms with Crippen molar-refractivity contribution in [2.75, 3.05) is 0 Å². The lowest BCUT2D eigenvalue weighted by Crippen LogP contribution is -2.29. The molecule has 0 fully saturated rings. The maximum Gasteiger partial charge on any atom is 0.490 e. The standard InChI is InChI=1S/C54H42N4.C12H12BNO2.C6H2Br4/c1-35-5-13-39(14-6-35)51-25-21-43(31-55-51)47-29-49(45-23-27-53(57-33-45)41-17-9-37(3)10-18-41)50(46-24-28-54(58-34-46)42-19-11-38(4)12-20-42)30-48(47)44-22-26-52(56-32-44)40-15-7-36(2)8-16-40;1-9-2-4-10(5-3-9)12-7-6-11(8-14-12)13(15)16;7-3-1-4(8)6(10)2-5(3)9/h5-34H,1-4H3;2-8,15-16H,1H3;1-2H. The second kappa shape index (κ2) is 27.3. The summed E-state index contributed by atoms with van der Waals surface area (Å²) in [6.45, 7) is 10.4. The fourth-order valence-corrected chi connectivity index (χ4v) is 11.3. The van der Waals surface area contributed by atoms with E-state index >= 15 is 0 Å². The number of aromatic nitrogens is 5. The minimum absolute atomic E-state index is 0.399. The molecule has 2 N–H and O–H groups in total. The van der Waals surface area contributed by atoms with Gasteiger partial charge in [-0.2, -0.15) is 0 Å². The molecule has 0 bridgehead atoms. The summed E-state index contributed by atoms with van der Waals surface area (Å²) in [5.41, 5.74) is 24.7. The fourth-order valence-electron chi connectivity index (χ4n) is 9.30. The predicted molar refractivity (Wildman–Crippen MR) is 362 cm³/mol. The van der Waals surface area contributed by atoms with Crippen LogP contribution in [-0.4, -0.2) is 42.1 Å². The molecule has 0 aliphatic carbocycles. The molecule has 12 rings (SSSR count). The molecule has 0 aliphatic heterocycles. The Morgan fingerprint density at radius 2 is 0.452 bits per heavy atom. The highest BCUT2D eigenvalue weighted by Gasteiger charge is 2.19. The van der Waals surface area contributed by atoms with E-state index in [1.165, 1.54) is 34.0 Å². The van der Waals surface area contributed by atoms with E-state index in [4.69, 9.17) is 30.0 Å². The molecule has 0 saturated heterocycles. The van der Waals surface area contributed by atoms with Crippen LogP contribution >= 0.6 is 63.7 Å². The first kappa shape index (κ1) is 59.4. The van der Waals surface area contributed by atoms with Crippen LogP contribution in [0, 0.1) is 34.6 Å². The van der Waals surface area contributed by atoms with Crippen molar-refractivity contribution in [2.45, 2.75) is 34.6 Å². The van der Waals surface area contributed by atoms with Crippen LogP contribution in [0.4, 0.5) is 0 Å². The first-order valence-corrected chi connectivity index (χ1v) is 30.3. The third kappa shape index (κ3) is 14.7. The first-order valence-electron chi connectivity index (χ1n) is 27.1. The molecule has 412 valence electrons. The van der Waals surface area contributed by atoms with Crippen LogP contribution in [0.5, 0.6) is 0 Å². The van der Waals surface area contributed by atoms with Crippen molar-refractivity contribution in [1.82, 2.24) is 24.9 Å². The van der Waals surface area contributed by atoms with E-state index in [1.807, 2.05) is 68.1 Å². The molecule has 0 aliphatic rings. The van der Waals surface area contributed by atoms with Crippen molar-refractivity contribution < 1.29 is 10.0 Å². The van der Waals surface area contributed by atoms with Gasteiger partial charge < -0.3 is 10.0 Å². The van der Waals surface area contributed by atoms with Gasteiger partial charge >= 0.3 is 7.12 Å². The lowest BCUT2D eigenvalue weighted by Gasteiger charge is -2.18. The molecule has 5 heterocycles. The number of halogens is 4. The molecule has 0 spiro atoms. The van der Waals surface area contributed by atoms with Crippen molar-refractivity contribution in [2.24, 2.45) is 0 Å². The highest BCUT2D eigenvalue weighted by atomic mass is 79.9. The van der Waals surface area contributed by atoms with Crippen LogP contribution < -0.4 is 5.46 Å². The van der Waals surface area contributed by atoms with Gasteiger partial charge in [-0.1, -0.05) is 179 Å². The van der Waals surface area contributed by atoms with Gasteiger partial charge in [0.05, 0.1) is 28.5 Å². The summed E-state index contributed by atoms with van der Waals surface area (Å²) in [6, 6.07) is 71.2. The number of hydrogen-bond donors (Lipinski definition) is 2. The quantitative estimate of drug-likeness (QED) is 0.104. The van der Waals surface area contributed by atoms with Crippen LogP contribution in [0.1, 0.15) is 27.8 Å². The number of aryl methyl sites for hydroxylation is 5. The second-order valence-corrected chi connectivity index (χ2v) is 24.0. The molecule has 84 heavy (non-hydrogen) atoms. The minimum Gasteiger partial charge on any atom is -0.423 e. The summed E-state index contributed by atoms with van der Waals surface area (Å²) in [5, 5.41) is 17.9. The smallest absolute Gasteiger partial charge is 0.423 e. The van der Waals surface area contributed by atoms with Gasteiger partial charge in [0.2, 0.25) is 0 Å². The average Bonchev–Trinajstić information content (AvgIpc) is 1.52. The molecular formula is C72H56BBr4N5O2. The Morgan fingerprint density at radius 1 is 0.250 bits per heavy atom. The number of hydrogen-bond acceptors (Lipinski definition) is 7. The topological polar surface area (TPSA) is 105 Å². The molecule has 12 aromatic rings. The summed E-state index contributed by atoms with van der Waals surface area (Å²) in [6.07, 6.45) is 9.43. The molecular weight excluding hydrogens is 1300 g/mol. The van der Waals surface area contributed by atoms with Gasteiger partial charge in [-0.3, -0.25) is 24.9 Å². The van der Waals surface area contributed by atoms with Crippen LogP contribution in [0.2, 0.25) is 0 Å². The van der Waals surface area contributed by atoms with E-state index in [0.29, 0.717) is 5.46 Å². The predicted octanol–water partition coefficient (Wildman–Crippen LogP) is 19.3. The van der Waals surface area contributed by atoms with Crippen LogP contribution in [0.3, 0.4) is 0 Å². The third-order valence-corrected chi connectivity index (χ3v) is 17.9. The summed E-state index contributed by atoms with van der Waals surface area (Å²) in [5.74, 6) is 0. The summed E-state index contributed by atoms with van der Waals surface area (Å²) >= 11 is 13.5. The molecule has 0 atom stereocenters. The van der Waals surface area contributed by atoms with Crippen molar-refractivity contribution in [3.05, 3.63) is 283 Å². The van der Waals surface area contributed by atoms with Gasteiger partial charge in [0.1, 0.15) is 0 Å². The van der Waals surface area contributed by atoms with Gasteiger partial charge in [0, 0.05) is 104 Å². The van der Waals surface area contributed by atoms with Crippen molar-refractivity contribution >= 4 is 76.3 Å². The van der Waals surface area contributed by atoms with E-state index in [9.17, 15) is 0 Å². The zero-order valence-corrected chi connectivity index (χ0v) is 53.1. The highest BCUT2D eigenvalue weighted by Crippen LogP contribution is 2.43. The number of nitrogens with zero attached hydrogens (tertiary/aromatic N) is 5. The maximum atomic E-state index is 8.94. The van der Waals surface area contributed by atoms with Gasteiger partial charge in [0.15, 0.2) is 0 Å². The zero-order valence-electron chi connectivity index (χ0n) is 46.7. The molecule has 7 nitrogen and oxygen atoms in total. The van der Waals surface area contributed by atoms with E-state index < -0.39 is 7.12 Å². The molecule has 0 saturated carbocycles. The molecule has 0 amide bonds. The molecule has 0 unspecified atom stereocenters. The van der Waals surface area contributed by atoms with E-state index in [1.54, 1.807) is 12.1 Å². The SMILES string of the molecule is Brc1cc(Br)c(Br)cc1Br.Cc1ccc(-c2ccc(-c3cc(-c4ccc(-c5ccc(C)cc5)nc4)c(-c4ccc(-c5ccc(C)cc5)nc4)cc3-c3ccc(-c4ccc(C)cc4)nc3)cn2)cc1.Cc1ccc(-c2ccc(B(O)O)cn2)cc1. The maximum absolute atomic E-state index is 8.94. The van der Waals surface area contributed by atoms with Crippen LogP contribution in [-0.2, 0) is 0 Å². The van der Waals surface area contributed by atoms with Crippen LogP contribution in [0.15, 0.2) is 255 Å². The second-order valence-electron chi connectivity index (χ2n) is 20.5. The van der Waals surface area contributed by atoms with Crippen LogP contribution in [0.25, 0.3) is 101 Å². The molecule has 7 aromatic carbocycles. The number of pyridine rings is 5. The fraction of sp³-hybridized carbons (Fsp3) is 0.0694. The Kier molecular flexibility index (Phi) is 19.3. The van der Waals surface area contributed by atoms with E-state index in [0.717, 1.165) is 119 Å². The molecule has 12 heteroatoms. The lowest BCUT2D eigenvalue weighted by atomic mass is 9.81.